The molecule has 98 valence electrons. The first-order chi connectivity index (χ1) is 8.45. The molecule has 0 saturated carbocycles. The van der Waals surface area contributed by atoms with Crippen molar-refractivity contribution in [2.45, 2.75) is 20.8 Å². The quantitative estimate of drug-likeness (QED) is 0.797. The van der Waals surface area contributed by atoms with Crippen LogP contribution in [0.4, 0.5) is 0 Å². The smallest absolute Gasteiger partial charge is 0.162 e. The van der Waals surface area contributed by atoms with Gasteiger partial charge in [-0.05, 0) is 30.3 Å². The van der Waals surface area contributed by atoms with E-state index in [-0.39, 0.29) is 11.2 Å². The number of rotatable bonds is 6. The average molecular weight is 266 g/mol. The molecule has 0 bridgehead atoms. The summed E-state index contributed by atoms with van der Waals surface area (Å²) < 4.78 is 0. The van der Waals surface area contributed by atoms with Gasteiger partial charge in [0.05, 0.1) is 0 Å². The van der Waals surface area contributed by atoms with E-state index in [1.165, 1.54) is 0 Å². The summed E-state index contributed by atoms with van der Waals surface area (Å²) >= 11 is 5.80. The lowest BCUT2D eigenvalue weighted by Gasteiger charge is -2.21. The number of halogens is 1. The Morgan fingerprint density at radius 1 is 1.33 bits per heavy atom. The van der Waals surface area contributed by atoms with Gasteiger partial charge in [0, 0.05) is 17.0 Å². The number of carbonyl (C=O) groups excluding carboxylic acids is 1. The van der Waals surface area contributed by atoms with Crippen LogP contribution in [0.3, 0.4) is 0 Å². The van der Waals surface area contributed by atoms with Gasteiger partial charge in [0.15, 0.2) is 5.78 Å². The molecule has 0 amide bonds. The lowest BCUT2D eigenvalue weighted by molar-refractivity contribution is -0.121. The number of hydrogen-bond acceptors (Lipinski definition) is 2. The molecule has 0 unspecified atom stereocenters. The largest absolute Gasteiger partial charge is 0.316 e. The fraction of sp³-hybridized carbons (Fsp3) is 0.400. The number of benzene rings is 1. The Morgan fingerprint density at radius 3 is 2.50 bits per heavy atom. The fourth-order valence-electron chi connectivity index (χ4n) is 1.50. The minimum absolute atomic E-state index is 0.124. The van der Waals surface area contributed by atoms with Crippen LogP contribution in [-0.4, -0.2) is 18.9 Å². The molecule has 0 heterocycles. The zero-order valence-corrected chi connectivity index (χ0v) is 11.9. The summed E-state index contributed by atoms with van der Waals surface area (Å²) in [5, 5.41) is 3.90. The Balaban J connectivity index is 2.66. The van der Waals surface area contributed by atoms with Crippen molar-refractivity contribution >= 4 is 23.5 Å². The van der Waals surface area contributed by atoms with Crippen molar-refractivity contribution < 1.29 is 4.79 Å². The second-order valence-corrected chi connectivity index (χ2v) is 5.35. The molecule has 3 heteroatoms. The summed E-state index contributed by atoms with van der Waals surface area (Å²) in [5.74, 6) is 0.124. The lowest BCUT2D eigenvalue weighted by Crippen LogP contribution is -2.35. The van der Waals surface area contributed by atoms with Gasteiger partial charge >= 0.3 is 0 Å². The molecule has 18 heavy (non-hydrogen) atoms. The predicted octanol–water partition coefficient (Wildman–Crippen LogP) is 3.56. The first kappa shape index (κ1) is 14.9. The van der Waals surface area contributed by atoms with Gasteiger partial charge < -0.3 is 5.32 Å². The van der Waals surface area contributed by atoms with Crippen molar-refractivity contribution in [1.29, 1.82) is 0 Å². The van der Waals surface area contributed by atoms with Gasteiger partial charge in [-0.25, -0.2) is 0 Å². The van der Waals surface area contributed by atoms with Gasteiger partial charge in [0.2, 0.25) is 0 Å². The van der Waals surface area contributed by atoms with Gasteiger partial charge in [-0.2, -0.15) is 0 Å². The van der Waals surface area contributed by atoms with Crippen molar-refractivity contribution in [3.05, 3.63) is 40.9 Å². The number of hydrogen-bond donors (Lipinski definition) is 1. The third kappa shape index (κ3) is 4.63. The van der Waals surface area contributed by atoms with Gasteiger partial charge in [-0.3, -0.25) is 4.79 Å². The molecule has 0 atom stereocenters. The van der Waals surface area contributed by atoms with E-state index in [9.17, 15) is 4.79 Å². The number of carbonyl (C=O) groups is 1. The van der Waals surface area contributed by atoms with Crippen LogP contribution in [0.2, 0.25) is 5.02 Å². The van der Waals surface area contributed by atoms with Crippen LogP contribution >= 0.6 is 11.6 Å². The highest BCUT2D eigenvalue weighted by Gasteiger charge is 2.24. The molecule has 0 saturated heterocycles. The molecule has 1 rings (SSSR count). The second-order valence-electron chi connectivity index (χ2n) is 4.91. The summed E-state index contributed by atoms with van der Waals surface area (Å²) in [4.78, 5) is 12.1. The molecule has 1 N–H and O–H groups in total. The Labute approximate surface area is 114 Å². The van der Waals surface area contributed by atoms with Gasteiger partial charge in [0.1, 0.15) is 0 Å². The Kier molecular flexibility index (Phi) is 5.57. The zero-order chi connectivity index (χ0) is 13.6. The summed E-state index contributed by atoms with van der Waals surface area (Å²) in [6.45, 7) is 7.49. The Bertz CT molecular complexity index is 421. The van der Waals surface area contributed by atoms with Crippen LogP contribution in [0.1, 0.15) is 26.3 Å². The van der Waals surface area contributed by atoms with Crippen LogP contribution in [-0.2, 0) is 4.79 Å². The van der Waals surface area contributed by atoms with Crippen molar-refractivity contribution in [2.75, 3.05) is 13.1 Å². The highest BCUT2D eigenvalue weighted by molar-refractivity contribution is 6.30. The normalized spacial score (nSPS) is 12.0. The van der Waals surface area contributed by atoms with Crippen LogP contribution in [0.15, 0.2) is 30.3 Å². The maximum atomic E-state index is 12.1. The van der Waals surface area contributed by atoms with E-state index < -0.39 is 0 Å². The van der Waals surface area contributed by atoms with Gasteiger partial charge in [0.25, 0.3) is 0 Å². The molecular weight excluding hydrogens is 246 g/mol. The Morgan fingerprint density at radius 2 is 1.94 bits per heavy atom. The minimum atomic E-state index is -0.376. The van der Waals surface area contributed by atoms with E-state index in [1.807, 2.05) is 51.1 Å². The van der Waals surface area contributed by atoms with E-state index in [0.717, 1.165) is 12.1 Å². The van der Waals surface area contributed by atoms with Crippen molar-refractivity contribution in [3.63, 3.8) is 0 Å². The SMILES string of the molecule is CCNCC(C)(C)C(=O)C=Cc1ccc(Cl)cc1. The monoisotopic (exact) mass is 265 g/mol. The summed E-state index contributed by atoms with van der Waals surface area (Å²) in [5.41, 5.74) is 0.603. The predicted molar refractivity (Wildman–Crippen MR) is 77.8 cm³/mol. The van der Waals surface area contributed by atoms with Crippen molar-refractivity contribution in [3.8, 4) is 0 Å². The molecule has 2 nitrogen and oxygen atoms in total. The van der Waals surface area contributed by atoms with Crippen LogP contribution in [0.5, 0.6) is 0 Å². The number of nitrogens with one attached hydrogen (secondary N) is 1. The van der Waals surface area contributed by atoms with E-state index in [4.69, 9.17) is 11.6 Å². The lowest BCUT2D eigenvalue weighted by atomic mass is 9.87. The molecule has 0 aliphatic carbocycles. The standard InChI is InChI=1S/C15H20ClNO/c1-4-17-11-15(2,3)14(18)10-7-12-5-8-13(16)9-6-12/h5-10,17H,4,11H2,1-3H3. The van der Waals surface area contributed by atoms with E-state index in [2.05, 4.69) is 5.32 Å². The van der Waals surface area contributed by atoms with E-state index in [0.29, 0.717) is 11.6 Å². The summed E-state index contributed by atoms with van der Waals surface area (Å²) in [6, 6.07) is 7.41. The molecule has 0 aliphatic heterocycles. The molecular formula is C15H20ClNO. The second kappa shape index (κ2) is 6.72. The average Bonchev–Trinajstić information content (AvgIpc) is 2.35. The molecule has 0 aromatic heterocycles. The fourth-order valence-corrected chi connectivity index (χ4v) is 1.62. The topological polar surface area (TPSA) is 29.1 Å². The molecule has 0 spiro atoms. The molecule has 0 fully saturated rings. The third-order valence-electron chi connectivity index (χ3n) is 2.78. The van der Waals surface area contributed by atoms with Gasteiger partial charge in [-0.1, -0.05) is 50.6 Å². The third-order valence-corrected chi connectivity index (χ3v) is 3.03. The van der Waals surface area contributed by atoms with Crippen LogP contribution < -0.4 is 5.32 Å². The molecule has 1 aromatic carbocycles. The minimum Gasteiger partial charge on any atom is -0.316 e. The highest BCUT2D eigenvalue weighted by atomic mass is 35.5. The molecule has 0 radical (unpaired) electrons. The number of ketones is 1. The summed E-state index contributed by atoms with van der Waals surface area (Å²) in [7, 11) is 0. The highest BCUT2D eigenvalue weighted by Crippen LogP contribution is 2.17. The first-order valence-corrected chi connectivity index (χ1v) is 6.52. The maximum Gasteiger partial charge on any atom is 0.162 e. The molecule has 0 aliphatic rings. The van der Waals surface area contributed by atoms with Crippen LogP contribution in [0, 0.1) is 5.41 Å². The van der Waals surface area contributed by atoms with E-state index in [1.54, 1.807) is 6.08 Å². The number of allylic oxidation sites excluding steroid dienone is 1. The van der Waals surface area contributed by atoms with E-state index >= 15 is 0 Å². The molecule has 1 aromatic rings. The Hall–Kier alpha value is -1.12. The zero-order valence-electron chi connectivity index (χ0n) is 11.2. The van der Waals surface area contributed by atoms with Crippen molar-refractivity contribution in [1.82, 2.24) is 5.32 Å². The van der Waals surface area contributed by atoms with Crippen molar-refractivity contribution in [2.24, 2.45) is 5.41 Å². The maximum absolute atomic E-state index is 12.1. The summed E-state index contributed by atoms with van der Waals surface area (Å²) in [6.07, 6.45) is 3.47. The first-order valence-electron chi connectivity index (χ1n) is 6.14. The van der Waals surface area contributed by atoms with Gasteiger partial charge in [-0.15, -0.1) is 0 Å². The van der Waals surface area contributed by atoms with Crippen LogP contribution in [0.25, 0.3) is 6.08 Å².